The van der Waals surface area contributed by atoms with Crippen LogP contribution in [-0.2, 0) is 6.54 Å². The molecule has 0 unspecified atom stereocenters. The van der Waals surface area contributed by atoms with E-state index in [1.165, 1.54) is 5.69 Å². The Hall–Kier alpha value is -2.86. The van der Waals surface area contributed by atoms with Crippen molar-refractivity contribution in [2.24, 2.45) is 0 Å². The van der Waals surface area contributed by atoms with E-state index in [-0.39, 0.29) is 0 Å². The van der Waals surface area contributed by atoms with E-state index < -0.39 is 0 Å². The molecule has 6 nitrogen and oxygen atoms in total. The van der Waals surface area contributed by atoms with Gasteiger partial charge in [0.2, 0.25) is 0 Å². The van der Waals surface area contributed by atoms with E-state index in [9.17, 15) is 0 Å². The van der Waals surface area contributed by atoms with Gasteiger partial charge in [-0.25, -0.2) is 9.97 Å². The van der Waals surface area contributed by atoms with Crippen LogP contribution in [0.1, 0.15) is 5.56 Å². The summed E-state index contributed by atoms with van der Waals surface area (Å²) < 4.78 is 0. The second-order valence-electron chi connectivity index (χ2n) is 6.43. The molecule has 0 saturated carbocycles. The lowest BCUT2D eigenvalue weighted by Gasteiger charge is -2.36. The highest BCUT2D eigenvalue weighted by molar-refractivity contribution is 6.30. The summed E-state index contributed by atoms with van der Waals surface area (Å²) in [6.45, 7) is 4.37. The normalized spacial score (nSPS) is 14.3. The highest BCUT2D eigenvalue weighted by atomic mass is 35.5. The van der Waals surface area contributed by atoms with E-state index in [1.807, 2.05) is 42.6 Å². The van der Waals surface area contributed by atoms with Crippen molar-refractivity contribution in [1.29, 1.82) is 0 Å². The molecule has 138 valence electrons. The Morgan fingerprint density at radius 2 is 1.81 bits per heavy atom. The Morgan fingerprint density at radius 3 is 2.59 bits per heavy atom. The summed E-state index contributed by atoms with van der Waals surface area (Å²) in [4.78, 5) is 17.6. The summed E-state index contributed by atoms with van der Waals surface area (Å²) in [7, 11) is 0. The van der Waals surface area contributed by atoms with Gasteiger partial charge in [-0.15, -0.1) is 0 Å². The van der Waals surface area contributed by atoms with Crippen molar-refractivity contribution < 1.29 is 0 Å². The van der Waals surface area contributed by atoms with Crippen molar-refractivity contribution in [1.82, 2.24) is 15.0 Å². The van der Waals surface area contributed by atoms with Crippen LogP contribution < -0.4 is 15.1 Å². The van der Waals surface area contributed by atoms with Crippen LogP contribution in [0, 0.1) is 0 Å². The van der Waals surface area contributed by atoms with Gasteiger partial charge in [-0.3, -0.25) is 4.98 Å². The standard InChI is InChI=1S/C20H21ClN6/c21-17-4-1-5-18(11-17)26-7-9-27(10-8-26)20-12-19(24-15-25-20)23-14-16-3-2-6-22-13-16/h1-6,11-13,15H,7-10,14H2,(H,23,24,25). The molecule has 1 aromatic carbocycles. The molecule has 2 aromatic heterocycles. The molecule has 3 aromatic rings. The Kier molecular flexibility index (Phi) is 5.34. The third kappa shape index (κ3) is 4.46. The van der Waals surface area contributed by atoms with Crippen molar-refractivity contribution >= 4 is 28.9 Å². The van der Waals surface area contributed by atoms with Crippen molar-refractivity contribution in [3.63, 3.8) is 0 Å². The Balaban J connectivity index is 1.37. The summed E-state index contributed by atoms with van der Waals surface area (Å²) >= 11 is 6.12. The Labute approximate surface area is 163 Å². The fourth-order valence-electron chi connectivity index (χ4n) is 3.18. The first-order valence-corrected chi connectivity index (χ1v) is 9.36. The lowest BCUT2D eigenvalue weighted by molar-refractivity contribution is 0.647. The van der Waals surface area contributed by atoms with Gasteiger partial charge in [-0.1, -0.05) is 23.7 Å². The van der Waals surface area contributed by atoms with Crippen LogP contribution in [0.3, 0.4) is 0 Å². The predicted octanol–water partition coefficient (Wildman–Crippen LogP) is 3.46. The van der Waals surface area contributed by atoms with Crippen LogP contribution in [0.15, 0.2) is 61.2 Å². The Bertz CT molecular complexity index is 880. The monoisotopic (exact) mass is 380 g/mol. The summed E-state index contributed by atoms with van der Waals surface area (Å²) in [6, 6.07) is 14.0. The fraction of sp³-hybridized carbons (Fsp3) is 0.250. The molecule has 1 N–H and O–H groups in total. The molecule has 0 amide bonds. The maximum Gasteiger partial charge on any atom is 0.134 e. The molecule has 0 bridgehead atoms. The number of hydrogen-bond acceptors (Lipinski definition) is 6. The topological polar surface area (TPSA) is 57.2 Å². The quantitative estimate of drug-likeness (QED) is 0.731. The van der Waals surface area contributed by atoms with Crippen LogP contribution in [0.25, 0.3) is 0 Å². The average Bonchev–Trinajstić information content (AvgIpc) is 2.73. The largest absolute Gasteiger partial charge is 0.368 e. The summed E-state index contributed by atoms with van der Waals surface area (Å²) in [5, 5.41) is 4.11. The second kappa shape index (κ2) is 8.22. The Morgan fingerprint density at radius 1 is 0.963 bits per heavy atom. The van der Waals surface area contributed by atoms with Crippen molar-refractivity contribution in [3.8, 4) is 0 Å². The van der Waals surface area contributed by atoms with Crippen LogP contribution >= 0.6 is 11.6 Å². The minimum Gasteiger partial charge on any atom is -0.368 e. The molecule has 0 spiro atoms. The van der Waals surface area contributed by atoms with Crippen molar-refractivity contribution in [2.75, 3.05) is 41.3 Å². The molecule has 4 rings (SSSR count). The number of nitrogens with zero attached hydrogens (tertiary/aromatic N) is 5. The molecule has 1 saturated heterocycles. The number of rotatable bonds is 5. The zero-order valence-corrected chi connectivity index (χ0v) is 15.7. The zero-order valence-electron chi connectivity index (χ0n) is 14.9. The van der Waals surface area contributed by atoms with Crippen LogP contribution in [0.4, 0.5) is 17.3 Å². The lowest BCUT2D eigenvalue weighted by atomic mass is 10.2. The van der Waals surface area contributed by atoms with Gasteiger partial charge < -0.3 is 15.1 Å². The van der Waals surface area contributed by atoms with Crippen LogP contribution in [0.5, 0.6) is 0 Å². The minimum atomic E-state index is 0.687. The van der Waals surface area contributed by atoms with E-state index >= 15 is 0 Å². The zero-order chi connectivity index (χ0) is 18.5. The molecular formula is C20H21ClN6. The third-order valence-electron chi connectivity index (χ3n) is 4.63. The fourth-order valence-corrected chi connectivity index (χ4v) is 3.36. The van der Waals surface area contributed by atoms with Gasteiger partial charge in [0.15, 0.2) is 0 Å². The first-order valence-electron chi connectivity index (χ1n) is 8.98. The summed E-state index contributed by atoms with van der Waals surface area (Å²) in [5.74, 6) is 1.77. The van der Waals surface area contributed by atoms with Gasteiger partial charge >= 0.3 is 0 Å². The maximum atomic E-state index is 6.12. The number of hydrogen-bond donors (Lipinski definition) is 1. The number of piperazine rings is 1. The van der Waals surface area contributed by atoms with E-state index in [0.717, 1.165) is 48.4 Å². The lowest BCUT2D eigenvalue weighted by Crippen LogP contribution is -2.46. The summed E-state index contributed by atoms with van der Waals surface area (Å²) in [5.41, 5.74) is 2.29. The predicted molar refractivity (Wildman–Crippen MR) is 109 cm³/mol. The van der Waals surface area contributed by atoms with E-state index in [4.69, 9.17) is 11.6 Å². The summed E-state index contributed by atoms with van der Waals surface area (Å²) in [6.07, 6.45) is 5.24. The molecule has 1 aliphatic rings. The van der Waals surface area contributed by atoms with Gasteiger partial charge in [0.1, 0.15) is 18.0 Å². The van der Waals surface area contributed by atoms with E-state index in [0.29, 0.717) is 6.54 Å². The molecule has 0 aliphatic carbocycles. The SMILES string of the molecule is Clc1cccc(N2CCN(c3cc(NCc4cccnc4)ncn3)CC2)c1. The van der Waals surface area contributed by atoms with Crippen molar-refractivity contribution in [3.05, 3.63) is 71.8 Å². The second-order valence-corrected chi connectivity index (χ2v) is 6.87. The molecule has 1 fully saturated rings. The van der Waals surface area contributed by atoms with Crippen LogP contribution in [0.2, 0.25) is 5.02 Å². The van der Waals surface area contributed by atoms with Gasteiger partial charge in [0.25, 0.3) is 0 Å². The minimum absolute atomic E-state index is 0.687. The number of nitrogens with one attached hydrogen (secondary N) is 1. The molecular weight excluding hydrogens is 360 g/mol. The number of anilines is 3. The van der Waals surface area contributed by atoms with Gasteiger partial charge in [0, 0.05) is 61.9 Å². The maximum absolute atomic E-state index is 6.12. The van der Waals surface area contributed by atoms with Gasteiger partial charge in [-0.2, -0.15) is 0 Å². The number of benzene rings is 1. The molecule has 7 heteroatoms. The number of pyridine rings is 1. The van der Waals surface area contributed by atoms with Gasteiger partial charge in [-0.05, 0) is 29.8 Å². The molecule has 1 aliphatic heterocycles. The first-order chi connectivity index (χ1) is 13.3. The smallest absolute Gasteiger partial charge is 0.134 e. The third-order valence-corrected chi connectivity index (χ3v) is 4.86. The van der Waals surface area contributed by atoms with Crippen molar-refractivity contribution in [2.45, 2.75) is 6.54 Å². The first kappa shape index (κ1) is 17.5. The molecule has 27 heavy (non-hydrogen) atoms. The highest BCUT2D eigenvalue weighted by Crippen LogP contribution is 2.23. The van der Waals surface area contributed by atoms with Crippen LogP contribution in [-0.4, -0.2) is 41.1 Å². The number of aromatic nitrogens is 3. The molecule has 0 atom stereocenters. The average molecular weight is 381 g/mol. The molecule has 3 heterocycles. The number of halogens is 1. The van der Waals surface area contributed by atoms with Gasteiger partial charge in [0.05, 0.1) is 0 Å². The highest BCUT2D eigenvalue weighted by Gasteiger charge is 2.19. The molecule has 0 radical (unpaired) electrons. The van der Waals surface area contributed by atoms with E-state index in [1.54, 1.807) is 12.5 Å². The van der Waals surface area contributed by atoms with E-state index in [2.05, 4.69) is 36.1 Å².